The monoisotopic (exact) mass is 228 g/mol. The van der Waals surface area contributed by atoms with Crippen molar-refractivity contribution in [1.82, 2.24) is 0 Å². The highest BCUT2D eigenvalue weighted by atomic mass is 32.2. The van der Waals surface area contributed by atoms with E-state index >= 15 is 0 Å². The van der Waals surface area contributed by atoms with Gasteiger partial charge in [0.25, 0.3) is 0 Å². The summed E-state index contributed by atoms with van der Waals surface area (Å²) in [6, 6.07) is 3.80. The van der Waals surface area contributed by atoms with Crippen molar-refractivity contribution in [3.63, 3.8) is 0 Å². The van der Waals surface area contributed by atoms with Crippen molar-refractivity contribution in [2.24, 2.45) is 5.92 Å². The van der Waals surface area contributed by atoms with E-state index in [0.717, 1.165) is 16.4 Å². The fraction of sp³-hybridized carbons (Fsp3) is 0.500. The molecule has 0 spiro atoms. The first-order chi connectivity index (χ1) is 6.79. The van der Waals surface area contributed by atoms with E-state index in [4.69, 9.17) is 0 Å². The van der Waals surface area contributed by atoms with E-state index in [1.165, 1.54) is 11.3 Å². The Morgan fingerprint density at radius 1 is 1.57 bits per heavy atom. The fourth-order valence-electron chi connectivity index (χ4n) is 1.59. The number of aliphatic hydroxyl groups is 1. The molecule has 0 aromatic carbocycles. The van der Waals surface area contributed by atoms with E-state index < -0.39 is 6.10 Å². The quantitative estimate of drug-likeness (QED) is 0.842. The lowest BCUT2D eigenvalue weighted by atomic mass is 9.96. The van der Waals surface area contributed by atoms with Crippen molar-refractivity contribution in [1.29, 1.82) is 0 Å². The van der Waals surface area contributed by atoms with Gasteiger partial charge in [-0.15, -0.1) is 11.3 Å². The number of hydrogen-bond donors (Lipinski definition) is 1. The molecule has 1 aliphatic rings. The predicted molar refractivity (Wildman–Crippen MR) is 59.7 cm³/mol. The Bertz CT molecular complexity index is 308. The first-order valence-electron chi connectivity index (χ1n) is 4.61. The lowest BCUT2D eigenvalue weighted by Crippen LogP contribution is -2.28. The van der Waals surface area contributed by atoms with Gasteiger partial charge in [-0.1, -0.05) is 6.07 Å². The van der Waals surface area contributed by atoms with Crippen molar-refractivity contribution in [3.8, 4) is 0 Å². The largest absolute Gasteiger partial charge is 0.387 e. The zero-order valence-corrected chi connectivity index (χ0v) is 9.31. The molecule has 0 unspecified atom stereocenters. The summed E-state index contributed by atoms with van der Waals surface area (Å²) in [4.78, 5) is 12.5. The van der Waals surface area contributed by atoms with Crippen LogP contribution in [-0.2, 0) is 4.79 Å². The third-order valence-electron chi connectivity index (χ3n) is 2.42. The molecule has 4 heteroatoms. The first-order valence-corrected chi connectivity index (χ1v) is 6.64. The lowest BCUT2D eigenvalue weighted by Gasteiger charge is -2.24. The van der Waals surface area contributed by atoms with E-state index in [2.05, 4.69) is 0 Å². The van der Waals surface area contributed by atoms with Gasteiger partial charge in [-0.3, -0.25) is 4.79 Å². The molecule has 1 aliphatic heterocycles. The van der Waals surface area contributed by atoms with Crippen LogP contribution >= 0.6 is 23.1 Å². The van der Waals surface area contributed by atoms with E-state index in [0.29, 0.717) is 6.42 Å². The molecule has 0 bridgehead atoms. The smallest absolute Gasteiger partial charge is 0.140 e. The van der Waals surface area contributed by atoms with Crippen LogP contribution in [0.25, 0.3) is 0 Å². The summed E-state index contributed by atoms with van der Waals surface area (Å²) in [6.07, 6.45) is 0.0212. The third-order valence-corrected chi connectivity index (χ3v) is 4.45. The minimum Gasteiger partial charge on any atom is -0.387 e. The maximum Gasteiger partial charge on any atom is 0.140 e. The number of ketones is 1. The third kappa shape index (κ3) is 2.02. The van der Waals surface area contributed by atoms with Crippen LogP contribution in [0.1, 0.15) is 17.4 Å². The Morgan fingerprint density at radius 3 is 3.07 bits per heavy atom. The first kappa shape index (κ1) is 10.2. The van der Waals surface area contributed by atoms with Crippen LogP contribution in [0.15, 0.2) is 17.5 Å². The molecule has 14 heavy (non-hydrogen) atoms. The molecular formula is C10H12O2S2. The van der Waals surface area contributed by atoms with Crippen LogP contribution in [0.2, 0.25) is 0 Å². The molecule has 0 radical (unpaired) electrons. The molecule has 1 saturated heterocycles. The Hall–Kier alpha value is -0.320. The van der Waals surface area contributed by atoms with E-state index in [-0.39, 0.29) is 11.7 Å². The second-order valence-electron chi connectivity index (χ2n) is 3.36. The van der Waals surface area contributed by atoms with Crippen LogP contribution in [0.4, 0.5) is 0 Å². The molecule has 0 aliphatic carbocycles. The Kier molecular flexibility index (Phi) is 3.26. The fourth-order valence-corrected chi connectivity index (χ4v) is 3.50. The van der Waals surface area contributed by atoms with Crippen molar-refractivity contribution in [2.45, 2.75) is 12.5 Å². The number of thioether (sulfide) groups is 1. The van der Waals surface area contributed by atoms with E-state index in [1.54, 1.807) is 11.8 Å². The number of hydrogen-bond acceptors (Lipinski definition) is 4. The van der Waals surface area contributed by atoms with Crippen LogP contribution < -0.4 is 0 Å². The van der Waals surface area contributed by atoms with Crippen molar-refractivity contribution in [3.05, 3.63) is 22.4 Å². The molecule has 1 aromatic heterocycles. The summed E-state index contributed by atoms with van der Waals surface area (Å²) in [7, 11) is 0. The standard InChI is InChI=1S/C10H12O2S2/c11-8-3-5-13-6-7(8)10(12)9-2-1-4-14-9/h1-2,4,7,10,12H,3,5-6H2/t7-,10-/m0/s1. The summed E-state index contributed by atoms with van der Waals surface area (Å²) >= 11 is 3.27. The maximum atomic E-state index is 11.6. The van der Waals surface area contributed by atoms with E-state index in [9.17, 15) is 9.90 Å². The average molecular weight is 228 g/mol. The summed E-state index contributed by atoms with van der Waals surface area (Å²) in [6.45, 7) is 0. The Labute approximate surface area is 91.3 Å². The van der Waals surface area contributed by atoms with Gasteiger partial charge in [0.1, 0.15) is 5.78 Å². The van der Waals surface area contributed by atoms with Crippen molar-refractivity contribution in [2.75, 3.05) is 11.5 Å². The highest BCUT2D eigenvalue weighted by molar-refractivity contribution is 7.99. The van der Waals surface area contributed by atoms with Crippen LogP contribution in [0, 0.1) is 5.92 Å². The number of rotatable bonds is 2. The maximum absolute atomic E-state index is 11.6. The Morgan fingerprint density at radius 2 is 2.43 bits per heavy atom. The predicted octanol–water partition coefficient (Wildman–Crippen LogP) is 2.10. The number of aliphatic hydroxyl groups excluding tert-OH is 1. The molecule has 2 heterocycles. The van der Waals surface area contributed by atoms with Gasteiger partial charge in [-0.05, 0) is 11.4 Å². The van der Waals surface area contributed by atoms with Gasteiger partial charge < -0.3 is 5.11 Å². The zero-order chi connectivity index (χ0) is 9.97. The Balaban J connectivity index is 2.10. The molecule has 2 nitrogen and oxygen atoms in total. The highest BCUT2D eigenvalue weighted by Gasteiger charge is 2.30. The van der Waals surface area contributed by atoms with Crippen molar-refractivity contribution >= 4 is 28.9 Å². The summed E-state index contributed by atoms with van der Waals surface area (Å²) in [5.41, 5.74) is 0. The SMILES string of the molecule is O=C1CCSC[C@@H]1[C@H](O)c1cccs1. The molecular weight excluding hydrogens is 216 g/mol. The molecule has 1 aromatic rings. The molecule has 0 amide bonds. The van der Waals surface area contributed by atoms with Gasteiger partial charge in [0, 0.05) is 22.8 Å². The lowest BCUT2D eigenvalue weighted by molar-refractivity contribution is -0.125. The minimum absolute atomic E-state index is 0.188. The summed E-state index contributed by atoms with van der Waals surface area (Å²) in [5.74, 6) is 1.70. The molecule has 1 N–H and O–H groups in total. The number of carbonyl (C=O) groups excluding carboxylic acids is 1. The second-order valence-corrected chi connectivity index (χ2v) is 5.49. The molecule has 2 rings (SSSR count). The van der Waals surface area contributed by atoms with Crippen LogP contribution in [0.3, 0.4) is 0 Å². The normalized spacial score (nSPS) is 24.9. The molecule has 2 atom stereocenters. The van der Waals surface area contributed by atoms with Crippen LogP contribution in [-0.4, -0.2) is 22.4 Å². The zero-order valence-electron chi connectivity index (χ0n) is 7.68. The summed E-state index contributed by atoms with van der Waals surface area (Å²) in [5, 5.41) is 11.9. The number of carbonyl (C=O) groups is 1. The summed E-state index contributed by atoms with van der Waals surface area (Å²) < 4.78 is 0. The second kappa shape index (κ2) is 4.47. The van der Waals surface area contributed by atoms with Gasteiger partial charge >= 0.3 is 0 Å². The van der Waals surface area contributed by atoms with Gasteiger partial charge in [-0.2, -0.15) is 11.8 Å². The van der Waals surface area contributed by atoms with Crippen LogP contribution in [0.5, 0.6) is 0 Å². The van der Waals surface area contributed by atoms with Gasteiger partial charge in [0.15, 0.2) is 0 Å². The van der Waals surface area contributed by atoms with Gasteiger partial charge in [0.2, 0.25) is 0 Å². The van der Waals surface area contributed by atoms with Crippen molar-refractivity contribution < 1.29 is 9.90 Å². The average Bonchev–Trinajstić information content (AvgIpc) is 2.70. The van der Waals surface area contributed by atoms with Gasteiger partial charge in [0.05, 0.1) is 12.0 Å². The topological polar surface area (TPSA) is 37.3 Å². The molecule has 0 saturated carbocycles. The highest BCUT2D eigenvalue weighted by Crippen LogP contribution is 2.32. The minimum atomic E-state index is -0.588. The molecule has 1 fully saturated rings. The molecule has 76 valence electrons. The number of thiophene rings is 1. The van der Waals surface area contributed by atoms with E-state index in [1.807, 2.05) is 17.5 Å². The van der Waals surface area contributed by atoms with Gasteiger partial charge in [-0.25, -0.2) is 0 Å². The number of Topliss-reactive ketones (excluding diaryl/α,β-unsaturated/α-hetero) is 1.